The maximum absolute atomic E-state index is 12.9. The number of rotatable bonds is 61. The summed E-state index contributed by atoms with van der Waals surface area (Å²) >= 11 is 0. The van der Waals surface area contributed by atoms with Crippen molar-refractivity contribution in [2.45, 2.75) is 335 Å². The minimum absolute atomic E-state index is 0.0812. The quantitative estimate of drug-likeness (QED) is 0.0261. The summed E-state index contributed by atoms with van der Waals surface area (Å²) in [5.41, 5.74) is 0. The SMILES string of the molecule is CC/C=C\C/C=C\C/C=C\C/C=C\C/C=C\C/C=C\CCCCCCCCC(=O)OCC(COC(=O)CCCCCCCCCCCCCCCCC)OC(=O)CCCCCCCCCCC/C=C\C/C=C\CCCCCCC. The van der Waals surface area contributed by atoms with E-state index in [1.165, 1.54) is 173 Å². The standard InChI is InChI=1S/C73H126O6/c1-4-7-10-13-16-19-22-25-28-30-32-34-35-36-37-39-40-42-45-48-51-54-57-60-63-66-72(75)78-69-70(68-77-71(74)65-62-59-56-53-50-47-44-27-24-21-18-15-12-9-6-3)79-73(76)67-64-61-58-55-52-49-46-43-41-38-33-31-29-26-23-20-17-14-11-8-5-2/h7,10,16,19,23,25-26,28,31-34,36-37,40,42,70H,4-6,8-9,11-15,17-18,20-22,24,27,29-30,35,38-39,41,43-69H2,1-3H3/b10-7-,19-16-,26-23-,28-25-,33-31-,34-32-,37-36-,42-40-. The molecule has 0 N–H and O–H groups in total. The third-order valence-electron chi connectivity index (χ3n) is 14.6. The van der Waals surface area contributed by atoms with Gasteiger partial charge >= 0.3 is 17.9 Å². The van der Waals surface area contributed by atoms with Crippen LogP contribution < -0.4 is 0 Å². The summed E-state index contributed by atoms with van der Waals surface area (Å²) < 4.78 is 17.0. The van der Waals surface area contributed by atoms with E-state index in [0.29, 0.717) is 19.3 Å². The molecule has 0 aromatic heterocycles. The second-order valence-electron chi connectivity index (χ2n) is 22.4. The van der Waals surface area contributed by atoms with Crippen LogP contribution in [-0.2, 0) is 28.6 Å². The zero-order chi connectivity index (χ0) is 57.1. The molecule has 454 valence electrons. The van der Waals surface area contributed by atoms with Crippen molar-refractivity contribution in [3.05, 3.63) is 97.2 Å². The number of hydrogen-bond donors (Lipinski definition) is 0. The van der Waals surface area contributed by atoms with Crippen LogP contribution in [0.15, 0.2) is 97.2 Å². The highest BCUT2D eigenvalue weighted by Crippen LogP contribution is 2.17. The van der Waals surface area contributed by atoms with Crippen LogP contribution in [0.1, 0.15) is 329 Å². The molecule has 6 heteroatoms. The van der Waals surface area contributed by atoms with Crippen molar-refractivity contribution < 1.29 is 28.6 Å². The molecule has 0 spiro atoms. The molecule has 1 atom stereocenters. The predicted octanol–water partition coefficient (Wildman–Crippen LogP) is 23.2. The Balaban J connectivity index is 4.39. The minimum Gasteiger partial charge on any atom is -0.462 e. The lowest BCUT2D eigenvalue weighted by Crippen LogP contribution is -2.30. The van der Waals surface area contributed by atoms with E-state index in [2.05, 4.69) is 118 Å². The van der Waals surface area contributed by atoms with Gasteiger partial charge in [0, 0.05) is 19.3 Å². The second kappa shape index (κ2) is 66.8. The van der Waals surface area contributed by atoms with Crippen molar-refractivity contribution in [1.82, 2.24) is 0 Å². The predicted molar refractivity (Wildman–Crippen MR) is 344 cm³/mol. The molecule has 0 aliphatic rings. The molecule has 0 aliphatic carbocycles. The fourth-order valence-electron chi connectivity index (χ4n) is 9.54. The van der Waals surface area contributed by atoms with Crippen molar-refractivity contribution in [2.24, 2.45) is 0 Å². The second-order valence-corrected chi connectivity index (χ2v) is 22.4. The van der Waals surface area contributed by atoms with E-state index in [4.69, 9.17) is 14.2 Å². The van der Waals surface area contributed by atoms with Gasteiger partial charge < -0.3 is 14.2 Å². The highest BCUT2D eigenvalue weighted by Gasteiger charge is 2.19. The molecule has 0 saturated heterocycles. The number of allylic oxidation sites excluding steroid dienone is 16. The van der Waals surface area contributed by atoms with Crippen LogP contribution >= 0.6 is 0 Å². The lowest BCUT2D eigenvalue weighted by molar-refractivity contribution is -0.167. The van der Waals surface area contributed by atoms with Crippen LogP contribution in [0.3, 0.4) is 0 Å². The third kappa shape index (κ3) is 65.0. The smallest absolute Gasteiger partial charge is 0.306 e. The first kappa shape index (κ1) is 75.3. The monoisotopic (exact) mass is 1100 g/mol. The van der Waals surface area contributed by atoms with E-state index >= 15 is 0 Å². The van der Waals surface area contributed by atoms with Gasteiger partial charge in [-0.1, -0.05) is 304 Å². The summed E-state index contributed by atoms with van der Waals surface area (Å²) in [4.78, 5) is 38.4. The van der Waals surface area contributed by atoms with Crippen LogP contribution in [0.25, 0.3) is 0 Å². The lowest BCUT2D eigenvalue weighted by atomic mass is 10.0. The average Bonchev–Trinajstić information content (AvgIpc) is 3.45. The first-order valence-electron chi connectivity index (χ1n) is 33.7. The summed E-state index contributed by atoms with van der Waals surface area (Å²) in [6.45, 7) is 6.54. The van der Waals surface area contributed by atoms with Crippen molar-refractivity contribution in [3.8, 4) is 0 Å². The highest BCUT2D eigenvalue weighted by molar-refractivity contribution is 5.71. The summed E-state index contributed by atoms with van der Waals surface area (Å²) in [5, 5.41) is 0. The number of unbranched alkanes of at least 4 members (excludes halogenated alkanes) is 34. The first-order chi connectivity index (χ1) is 39.0. The van der Waals surface area contributed by atoms with E-state index in [0.717, 1.165) is 116 Å². The van der Waals surface area contributed by atoms with Gasteiger partial charge in [0.15, 0.2) is 6.10 Å². The van der Waals surface area contributed by atoms with Crippen LogP contribution in [0.4, 0.5) is 0 Å². The molecule has 0 aromatic carbocycles. The topological polar surface area (TPSA) is 78.9 Å². The summed E-state index contributed by atoms with van der Waals surface area (Å²) in [5.74, 6) is -0.886. The molecule has 1 unspecified atom stereocenters. The Hall–Kier alpha value is -3.67. The molecule has 0 aliphatic heterocycles. The van der Waals surface area contributed by atoms with Gasteiger partial charge in [0.1, 0.15) is 13.2 Å². The minimum atomic E-state index is -0.787. The fraction of sp³-hybridized carbons (Fsp3) is 0.740. The fourth-order valence-corrected chi connectivity index (χ4v) is 9.54. The first-order valence-corrected chi connectivity index (χ1v) is 33.7. The maximum Gasteiger partial charge on any atom is 0.306 e. The van der Waals surface area contributed by atoms with Crippen LogP contribution in [0.2, 0.25) is 0 Å². The van der Waals surface area contributed by atoms with Gasteiger partial charge in [-0.15, -0.1) is 0 Å². The van der Waals surface area contributed by atoms with Gasteiger partial charge in [0.25, 0.3) is 0 Å². The van der Waals surface area contributed by atoms with E-state index in [1.54, 1.807) is 0 Å². The lowest BCUT2D eigenvalue weighted by Gasteiger charge is -2.18. The zero-order valence-corrected chi connectivity index (χ0v) is 52.1. The number of carbonyl (C=O) groups is 3. The Labute approximate surface area is 489 Å². The molecule has 0 fully saturated rings. The molecule has 79 heavy (non-hydrogen) atoms. The number of ether oxygens (including phenoxy) is 3. The number of carbonyl (C=O) groups excluding carboxylic acids is 3. The van der Waals surface area contributed by atoms with E-state index < -0.39 is 6.10 Å². The van der Waals surface area contributed by atoms with Gasteiger partial charge in [-0.2, -0.15) is 0 Å². The molecular formula is C73H126O6. The van der Waals surface area contributed by atoms with E-state index in [-0.39, 0.29) is 31.1 Å². The average molecular weight is 1100 g/mol. The summed E-state index contributed by atoms with van der Waals surface area (Å²) in [6, 6.07) is 0. The van der Waals surface area contributed by atoms with Gasteiger partial charge in [0.2, 0.25) is 0 Å². The zero-order valence-electron chi connectivity index (χ0n) is 52.1. The normalized spacial score (nSPS) is 12.7. The number of esters is 3. The van der Waals surface area contributed by atoms with Gasteiger partial charge in [-0.3, -0.25) is 14.4 Å². The van der Waals surface area contributed by atoms with Crippen LogP contribution in [0.5, 0.6) is 0 Å². The van der Waals surface area contributed by atoms with Crippen LogP contribution in [0, 0.1) is 0 Å². The Bertz CT molecular complexity index is 1540. The molecule has 0 aromatic rings. The Kier molecular flexibility index (Phi) is 63.7. The van der Waals surface area contributed by atoms with Gasteiger partial charge in [-0.05, 0) is 103 Å². The molecule has 0 radical (unpaired) electrons. The van der Waals surface area contributed by atoms with Crippen LogP contribution in [-0.4, -0.2) is 37.2 Å². The molecule has 0 saturated carbocycles. The van der Waals surface area contributed by atoms with Crippen molar-refractivity contribution in [1.29, 1.82) is 0 Å². The van der Waals surface area contributed by atoms with E-state index in [9.17, 15) is 14.4 Å². The third-order valence-corrected chi connectivity index (χ3v) is 14.6. The Morgan fingerprint density at radius 3 is 0.772 bits per heavy atom. The molecule has 6 nitrogen and oxygen atoms in total. The molecule has 0 rings (SSSR count). The van der Waals surface area contributed by atoms with Crippen molar-refractivity contribution in [3.63, 3.8) is 0 Å². The maximum atomic E-state index is 12.9. The van der Waals surface area contributed by atoms with Gasteiger partial charge in [-0.25, -0.2) is 0 Å². The number of hydrogen-bond acceptors (Lipinski definition) is 6. The van der Waals surface area contributed by atoms with Gasteiger partial charge in [0.05, 0.1) is 0 Å². The Morgan fingerprint density at radius 1 is 0.266 bits per heavy atom. The molecule has 0 heterocycles. The molecular weight excluding hydrogens is 973 g/mol. The molecule has 0 amide bonds. The van der Waals surface area contributed by atoms with Crippen molar-refractivity contribution >= 4 is 17.9 Å². The van der Waals surface area contributed by atoms with E-state index in [1.807, 2.05) is 0 Å². The summed E-state index contributed by atoms with van der Waals surface area (Å²) in [6.07, 6.45) is 89.8. The summed E-state index contributed by atoms with van der Waals surface area (Å²) in [7, 11) is 0. The Morgan fingerprint density at radius 2 is 0.494 bits per heavy atom. The highest BCUT2D eigenvalue weighted by atomic mass is 16.6. The largest absolute Gasteiger partial charge is 0.462 e. The molecule has 0 bridgehead atoms. The van der Waals surface area contributed by atoms with Crippen molar-refractivity contribution in [2.75, 3.05) is 13.2 Å².